The quantitative estimate of drug-likeness (QED) is 0.853. The van der Waals surface area contributed by atoms with Crippen LogP contribution in [0.2, 0.25) is 0 Å². The fraction of sp³-hybridized carbons (Fsp3) is 0.571. The summed E-state index contributed by atoms with van der Waals surface area (Å²) >= 11 is 3.43. The van der Waals surface area contributed by atoms with Gasteiger partial charge in [-0.3, -0.25) is 0 Å². The zero-order chi connectivity index (χ0) is 12.3. The van der Waals surface area contributed by atoms with Gasteiger partial charge in [-0.05, 0) is 38.0 Å². The number of aliphatic hydroxyl groups is 1. The molecular formula is C14H17BrO2. The smallest absolute Gasteiger partial charge is 0.126 e. The number of hydrogen-bond donors (Lipinski definition) is 1. The summed E-state index contributed by atoms with van der Waals surface area (Å²) in [6.45, 7) is 4.39. The van der Waals surface area contributed by atoms with Crippen LogP contribution in [0.4, 0.5) is 0 Å². The molecule has 2 aliphatic rings. The Labute approximate surface area is 110 Å². The molecule has 0 aromatic heterocycles. The highest BCUT2D eigenvalue weighted by Gasteiger charge is 2.57. The number of benzene rings is 1. The van der Waals surface area contributed by atoms with E-state index in [-0.39, 0.29) is 11.0 Å². The number of ether oxygens (including phenoxy) is 1. The summed E-state index contributed by atoms with van der Waals surface area (Å²) < 4.78 is 7.18. The third kappa shape index (κ3) is 1.71. The molecule has 1 saturated carbocycles. The molecule has 0 saturated heterocycles. The monoisotopic (exact) mass is 296 g/mol. The molecule has 0 spiro atoms. The van der Waals surface area contributed by atoms with Crippen molar-refractivity contribution in [2.75, 3.05) is 0 Å². The zero-order valence-corrected chi connectivity index (χ0v) is 11.8. The lowest BCUT2D eigenvalue weighted by atomic mass is 9.79. The molecule has 2 nitrogen and oxygen atoms in total. The molecule has 1 unspecified atom stereocenters. The highest BCUT2D eigenvalue weighted by atomic mass is 79.9. The molecule has 1 fully saturated rings. The Bertz CT molecular complexity index is 467. The Morgan fingerprint density at radius 3 is 2.71 bits per heavy atom. The van der Waals surface area contributed by atoms with Gasteiger partial charge < -0.3 is 9.84 Å². The van der Waals surface area contributed by atoms with Crippen LogP contribution < -0.4 is 4.74 Å². The van der Waals surface area contributed by atoms with Crippen LogP contribution in [-0.2, 0) is 0 Å². The van der Waals surface area contributed by atoms with E-state index in [1.807, 2.05) is 18.2 Å². The first-order valence-electron chi connectivity index (χ1n) is 6.10. The lowest BCUT2D eigenvalue weighted by molar-refractivity contribution is -0.0472. The molecule has 1 aliphatic heterocycles. The third-order valence-electron chi connectivity index (χ3n) is 4.53. The highest BCUT2D eigenvalue weighted by Crippen LogP contribution is 2.59. The van der Waals surface area contributed by atoms with Gasteiger partial charge in [-0.1, -0.05) is 22.9 Å². The predicted molar refractivity (Wildman–Crippen MR) is 70.1 cm³/mol. The molecule has 3 heteroatoms. The average Bonchev–Trinajstić information content (AvgIpc) is 3.00. The van der Waals surface area contributed by atoms with Gasteiger partial charge in [-0.2, -0.15) is 0 Å². The van der Waals surface area contributed by atoms with Crippen molar-refractivity contribution in [3.05, 3.63) is 28.2 Å². The minimum atomic E-state index is -0.418. The molecule has 1 N–H and O–H groups in total. The summed E-state index contributed by atoms with van der Waals surface area (Å²) in [6.07, 6.45) is 2.66. The summed E-state index contributed by atoms with van der Waals surface area (Å²) in [5.74, 6) is 0.836. The van der Waals surface area contributed by atoms with E-state index < -0.39 is 6.10 Å². The summed E-state index contributed by atoms with van der Waals surface area (Å²) in [5.41, 5.74) is 0.910. The maximum atomic E-state index is 10.3. The summed E-state index contributed by atoms with van der Waals surface area (Å²) in [6, 6.07) is 5.87. The minimum Gasteiger partial charge on any atom is -0.487 e. The summed E-state index contributed by atoms with van der Waals surface area (Å²) in [7, 11) is 0. The molecule has 92 valence electrons. The lowest BCUT2D eigenvalue weighted by Gasteiger charge is -2.42. The van der Waals surface area contributed by atoms with E-state index in [0.29, 0.717) is 6.42 Å². The average molecular weight is 297 g/mol. The van der Waals surface area contributed by atoms with Crippen molar-refractivity contribution in [1.29, 1.82) is 0 Å². The van der Waals surface area contributed by atoms with E-state index >= 15 is 0 Å². The molecule has 2 atom stereocenters. The van der Waals surface area contributed by atoms with Crippen LogP contribution in [0.15, 0.2) is 22.7 Å². The Kier molecular flexibility index (Phi) is 2.37. The highest BCUT2D eigenvalue weighted by molar-refractivity contribution is 9.10. The summed E-state index contributed by atoms with van der Waals surface area (Å²) in [5, 5.41) is 10.3. The van der Waals surface area contributed by atoms with Crippen molar-refractivity contribution in [3.8, 4) is 5.75 Å². The second-order valence-electron chi connectivity index (χ2n) is 5.80. The first kappa shape index (κ1) is 11.5. The fourth-order valence-electron chi connectivity index (χ4n) is 2.72. The van der Waals surface area contributed by atoms with Crippen LogP contribution >= 0.6 is 15.9 Å². The van der Waals surface area contributed by atoms with E-state index in [2.05, 4.69) is 29.8 Å². The maximum absolute atomic E-state index is 10.3. The Morgan fingerprint density at radius 2 is 2.06 bits per heavy atom. The van der Waals surface area contributed by atoms with Crippen LogP contribution in [0.1, 0.15) is 44.8 Å². The van der Waals surface area contributed by atoms with Crippen molar-refractivity contribution in [1.82, 2.24) is 0 Å². The van der Waals surface area contributed by atoms with Crippen LogP contribution in [-0.4, -0.2) is 10.7 Å². The number of aliphatic hydroxyl groups excluding tert-OH is 1. The van der Waals surface area contributed by atoms with Gasteiger partial charge in [0.2, 0.25) is 0 Å². The van der Waals surface area contributed by atoms with Gasteiger partial charge in [0.05, 0.1) is 6.10 Å². The van der Waals surface area contributed by atoms with Gasteiger partial charge >= 0.3 is 0 Å². The zero-order valence-electron chi connectivity index (χ0n) is 10.2. The van der Waals surface area contributed by atoms with E-state index in [4.69, 9.17) is 4.74 Å². The normalized spacial score (nSPS) is 33.8. The molecule has 1 aromatic rings. The van der Waals surface area contributed by atoms with Crippen molar-refractivity contribution in [2.45, 2.75) is 44.8 Å². The van der Waals surface area contributed by atoms with Crippen molar-refractivity contribution in [3.63, 3.8) is 0 Å². The first-order chi connectivity index (χ1) is 7.94. The molecular weight excluding hydrogens is 280 g/mol. The number of rotatable bonds is 1. The molecule has 1 aromatic carbocycles. The molecule has 3 rings (SSSR count). The van der Waals surface area contributed by atoms with Gasteiger partial charge in [0.15, 0.2) is 0 Å². The minimum absolute atomic E-state index is 0.229. The number of halogens is 1. The van der Waals surface area contributed by atoms with Crippen LogP contribution in [0.25, 0.3) is 0 Å². The maximum Gasteiger partial charge on any atom is 0.126 e. The SMILES string of the molecule is CC1(C2(C)C[C@@H](O)c3cc(Br)ccc3O2)CC1. The van der Waals surface area contributed by atoms with Gasteiger partial charge in [0, 0.05) is 21.9 Å². The second kappa shape index (κ2) is 3.48. The van der Waals surface area contributed by atoms with Gasteiger partial charge in [-0.25, -0.2) is 0 Å². The van der Waals surface area contributed by atoms with Gasteiger partial charge in [0.25, 0.3) is 0 Å². The van der Waals surface area contributed by atoms with E-state index in [0.717, 1.165) is 15.8 Å². The summed E-state index contributed by atoms with van der Waals surface area (Å²) in [4.78, 5) is 0. The Hall–Kier alpha value is -0.540. The van der Waals surface area contributed by atoms with Gasteiger partial charge in [0.1, 0.15) is 11.4 Å². The molecule has 0 bridgehead atoms. The van der Waals surface area contributed by atoms with E-state index in [1.54, 1.807) is 0 Å². The van der Waals surface area contributed by atoms with Gasteiger partial charge in [-0.15, -0.1) is 0 Å². The lowest BCUT2D eigenvalue weighted by Crippen LogP contribution is -2.45. The van der Waals surface area contributed by atoms with E-state index in [1.165, 1.54) is 12.8 Å². The van der Waals surface area contributed by atoms with Crippen LogP contribution in [0.5, 0.6) is 5.75 Å². The fourth-order valence-corrected chi connectivity index (χ4v) is 3.10. The predicted octanol–water partition coefficient (Wildman–Crippen LogP) is 3.82. The Balaban J connectivity index is 2.01. The first-order valence-corrected chi connectivity index (χ1v) is 6.89. The standard InChI is InChI=1S/C14H17BrO2/c1-13(5-6-13)14(2)8-11(16)10-7-9(15)3-4-12(10)17-14/h3-4,7,11,16H,5-6,8H2,1-2H3/t11-,14?/m1/s1. The second-order valence-corrected chi connectivity index (χ2v) is 6.71. The molecule has 17 heavy (non-hydrogen) atoms. The van der Waals surface area contributed by atoms with Crippen molar-refractivity contribution < 1.29 is 9.84 Å². The van der Waals surface area contributed by atoms with Crippen molar-refractivity contribution in [2.24, 2.45) is 5.41 Å². The topological polar surface area (TPSA) is 29.5 Å². The van der Waals surface area contributed by atoms with Crippen LogP contribution in [0, 0.1) is 5.41 Å². The molecule has 1 heterocycles. The van der Waals surface area contributed by atoms with Crippen molar-refractivity contribution >= 4 is 15.9 Å². The third-order valence-corrected chi connectivity index (χ3v) is 5.02. The molecule has 1 aliphatic carbocycles. The number of hydrogen-bond acceptors (Lipinski definition) is 2. The molecule has 0 radical (unpaired) electrons. The largest absolute Gasteiger partial charge is 0.487 e. The molecule has 0 amide bonds. The Morgan fingerprint density at radius 1 is 1.35 bits per heavy atom. The number of fused-ring (bicyclic) bond motifs is 1. The van der Waals surface area contributed by atoms with E-state index in [9.17, 15) is 5.11 Å². The van der Waals surface area contributed by atoms with Crippen LogP contribution in [0.3, 0.4) is 0 Å².